The highest BCUT2D eigenvalue weighted by atomic mass is 32.2. The Hall–Kier alpha value is -2.62. The standard InChI is InChI=1S/C22H32N4O4S/c1-7-25(31(6,29)30)12-13-26(28)22-16(3)14-20(21(17(22)4)23-18(5)27)24-19-11-9-8-10-15(19)2/h8-11,14,24,28H,7,12-13H2,1-6H3,(H,23,27). The summed E-state index contributed by atoms with van der Waals surface area (Å²) in [5.74, 6) is -0.232. The van der Waals surface area contributed by atoms with E-state index in [1.807, 2.05) is 51.1 Å². The van der Waals surface area contributed by atoms with Crippen molar-refractivity contribution < 1.29 is 18.4 Å². The number of hydroxylamine groups is 1. The number of benzene rings is 2. The number of amides is 1. The lowest BCUT2D eigenvalue weighted by molar-refractivity contribution is -0.114. The van der Waals surface area contributed by atoms with Crippen LogP contribution in [0.25, 0.3) is 0 Å². The second-order valence-electron chi connectivity index (χ2n) is 7.59. The molecule has 0 spiro atoms. The van der Waals surface area contributed by atoms with Crippen LogP contribution in [0.1, 0.15) is 30.5 Å². The third-order valence-corrected chi connectivity index (χ3v) is 6.47. The number of sulfonamides is 1. The highest BCUT2D eigenvalue weighted by molar-refractivity contribution is 7.88. The Labute approximate surface area is 184 Å². The van der Waals surface area contributed by atoms with Crippen LogP contribution in [-0.2, 0) is 14.8 Å². The molecule has 9 heteroatoms. The van der Waals surface area contributed by atoms with Gasteiger partial charge in [-0.2, -0.15) is 0 Å². The predicted molar refractivity (Wildman–Crippen MR) is 126 cm³/mol. The first-order valence-electron chi connectivity index (χ1n) is 10.1. The van der Waals surface area contributed by atoms with Gasteiger partial charge in [0.05, 0.1) is 29.9 Å². The number of carbonyl (C=O) groups is 1. The van der Waals surface area contributed by atoms with Gasteiger partial charge in [-0.05, 0) is 44.0 Å². The number of likely N-dealkylation sites (N-methyl/N-ethyl adjacent to an activating group) is 1. The van der Waals surface area contributed by atoms with Gasteiger partial charge >= 0.3 is 0 Å². The van der Waals surface area contributed by atoms with Crippen molar-refractivity contribution >= 4 is 38.7 Å². The molecule has 0 unspecified atom stereocenters. The van der Waals surface area contributed by atoms with Crippen molar-refractivity contribution in [2.24, 2.45) is 0 Å². The van der Waals surface area contributed by atoms with Crippen molar-refractivity contribution in [3.8, 4) is 0 Å². The minimum Gasteiger partial charge on any atom is -0.354 e. The van der Waals surface area contributed by atoms with E-state index in [1.165, 1.54) is 11.2 Å². The zero-order valence-electron chi connectivity index (χ0n) is 19.0. The van der Waals surface area contributed by atoms with Gasteiger partial charge in [0.1, 0.15) is 0 Å². The summed E-state index contributed by atoms with van der Waals surface area (Å²) < 4.78 is 25.0. The molecule has 0 saturated heterocycles. The average molecular weight is 449 g/mol. The Kier molecular flexibility index (Phi) is 8.05. The maximum Gasteiger partial charge on any atom is 0.221 e. The van der Waals surface area contributed by atoms with Crippen LogP contribution >= 0.6 is 0 Å². The van der Waals surface area contributed by atoms with Gasteiger partial charge in [-0.3, -0.25) is 15.1 Å². The summed E-state index contributed by atoms with van der Waals surface area (Å²) in [6.07, 6.45) is 1.15. The van der Waals surface area contributed by atoms with E-state index >= 15 is 0 Å². The molecule has 8 nitrogen and oxygen atoms in total. The molecule has 0 aliphatic heterocycles. The van der Waals surface area contributed by atoms with Gasteiger partial charge in [0.25, 0.3) is 0 Å². The third-order valence-electron chi connectivity index (χ3n) is 5.09. The summed E-state index contributed by atoms with van der Waals surface area (Å²) in [7, 11) is -3.35. The average Bonchev–Trinajstić information content (AvgIpc) is 2.65. The fraction of sp³-hybridized carbons (Fsp3) is 0.409. The van der Waals surface area contributed by atoms with Crippen LogP contribution in [0.2, 0.25) is 0 Å². The third kappa shape index (κ3) is 6.19. The first-order chi connectivity index (χ1) is 14.5. The Bertz CT molecular complexity index is 1050. The number of rotatable bonds is 9. The molecular weight excluding hydrogens is 416 g/mol. The zero-order chi connectivity index (χ0) is 23.3. The number of carbonyl (C=O) groups excluding carboxylic acids is 1. The van der Waals surface area contributed by atoms with Gasteiger partial charge in [-0.1, -0.05) is 25.1 Å². The number of hydrogen-bond donors (Lipinski definition) is 3. The summed E-state index contributed by atoms with van der Waals surface area (Å²) in [5, 5.41) is 18.0. The van der Waals surface area contributed by atoms with Crippen LogP contribution in [0.3, 0.4) is 0 Å². The molecule has 0 aromatic heterocycles. The lowest BCUT2D eigenvalue weighted by Crippen LogP contribution is -2.37. The Morgan fingerprint density at radius 3 is 2.26 bits per heavy atom. The van der Waals surface area contributed by atoms with Gasteiger partial charge in [0, 0.05) is 31.3 Å². The predicted octanol–water partition coefficient (Wildman–Crippen LogP) is 3.79. The number of hydrogen-bond acceptors (Lipinski definition) is 6. The highest BCUT2D eigenvalue weighted by Crippen LogP contribution is 2.38. The molecule has 170 valence electrons. The molecule has 0 heterocycles. The van der Waals surface area contributed by atoms with Crippen LogP contribution < -0.4 is 15.7 Å². The number of anilines is 4. The highest BCUT2D eigenvalue weighted by Gasteiger charge is 2.21. The molecule has 0 bridgehead atoms. The van der Waals surface area contributed by atoms with Crippen molar-refractivity contribution in [2.75, 3.05) is 41.6 Å². The molecule has 0 radical (unpaired) electrons. The van der Waals surface area contributed by atoms with E-state index < -0.39 is 10.0 Å². The summed E-state index contributed by atoms with van der Waals surface area (Å²) in [6, 6.07) is 9.68. The van der Waals surface area contributed by atoms with E-state index in [1.54, 1.807) is 6.92 Å². The van der Waals surface area contributed by atoms with Gasteiger partial charge in [-0.25, -0.2) is 12.7 Å². The van der Waals surface area contributed by atoms with Gasteiger partial charge in [-0.15, -0.1) is 0 Å². The second-order valence-corrected chi connectivity index (χ2v) is 9.57. The quantitative estimate of drug-likeness (QED) is 0.505. The smallest absolute Gasteiger partial charge is 0.221 e. The van der Waals surface area contributed by atoms with E-state index in [0.29, 0.717) is 29.2 Å². The topological polar surface area (TPSA) is 102 Å². The molecule has 2 aromatic rings. The zero-order valence-corrected chi connectivity index (χ0v) is 19.8. The molecule has 0 fully saturated rings. The summed E-state index contributed by atoms with van der Waals surface area (Å²) >= 11 is 0. The maximum absolute atomic E-state index is 11.9. The van der Waals surface area contributed by atoms with E-state index in [2.05, 4.69) is 10.6 Å². The van der Waals surface area contributed by atoms with Crippen molar-refractivity contribution in [1.29, 1.82) is 0 Å². The minimum atomic E-state index is -3.35. The fourth-order valence-electron chi connectivity index (χ4n) is 3.54. The second kappa shape index (κ2) is 10.1. The summed E-state index contributed by atoms with van der Waals surface area (Å²) in [5.41, 5.74) is 5.23. The Morgan fingerprint density at radius 1 is 1.06 bits per heavy atom. The van der Waals surface area contributed by atoms with E-state index in [-0.39, 0.29) is 19.0 Å². The first-order valence-corrected chi connectivity index (χ1v) is 12.0. The molecule has 31 heavy (non-hydrogen) atoms. The Morgan fingerprint density at radius 2 is 1.71 bits per heavy atom. The molecule has 3 N–H and O–H groups in total. The van der Waals surface area contributed by atoms with Crippen molar-refractivity contribution in [3.05, 3.63) is 47.0 Å². The first kappa shape index (κ1) is 24.6. The molecule has 0 aliphatic rings. The Balaban J connectivity index is 2.43. The lowest BCUT2D eigenvalue weighted by atomic mass is 10.0. The van der Waals surface area contributed by atoms with Crippen molar-refractivity contribution in [1.82, 2.24) is 4.31 Å². The molecule has 2 aromatic carbocycles. The largest absolute Gasteiger partial charge is 0.354 e. The monoisotopic (exact) mass is 448 g/mol. The van der Waals surface area contributed by atoms with Gasteiger partial charge < -0.3 is 10.6 Å². The summed E-state index contributed by atoms with van der Waals surface area (Å²) in [6.45, 7) is 9.40. The minimum absolute atomic E-state index is 0.0900. The number of nitrogens with zero attached hydrogens (tertiary/aromatic N) is 2. The maximum atomic E-state index is 11.9. The lowest BCUT2D eigenvalue weighted by Gasteiger charge is -2.27. The number of nitrogens with one attached hydrogen (secondary N) is 2. The molecule has 0 saturated carbocycles. The van der Waals surface area contributed by atoms with Crippen molar-refractivity contribution in [2.45, 2.75) is 34.6 Å². The summed E-state index contributed by atoms with van der Waals surface area (Å²) in [4.78, 5) is 11.9. The van der Waals surface area contributed by atoms with E-state index in [9.17, 15) is 18.4 Å². The van der Waals surface area contributed by atoms with Crippen molar-refractivity contribution in [3.63, 3.8) is 0 Å². The van der Waals surface area contributed by atoms with Crippen LogP contribution in [0.4, 0.5) is 22.7 Å². The molecule has 1 amide bonds. The fourth-order valence-corrected chi connectivity index (χ4v) is 4.42. The van der Waals surface area contributed by atoms with E-state index in [0.717, 1.165) is 28.1 Å². The van der Waals surface area contributed by atoms with Crippen LogP contribution in [0.5, 0.6) is 0 Å². The number of para-hydroxylation sites is 1. The molecule has 0 aliphatic carbocycles. The van der Waals surface area contributed by atoms with E-state index in [4.69, 9.17) is 0 Å². The SMILES string of the molecule is CCN(CCN(O)c1c(C)cc(Nc2ccccc2C)c(NC(C)=O)c1C)S(C)(=O)=O. The van der Waals surface area contributed by atoms with Gasteiger partial charge in [0.15, 0.2) is 0 Å². The molecule has 2 rings (SSSR count). The van der Waals surface area contributed by atoms with Crippen LogP contribution in [0.15, 0.2) is 30.3 Å². The van der Waals surface area contributed by atoms with Crippen LogP contribution in [0, 0.1) is 20.8 Å². The molecular formula is C22H32N4O4S. The molecule has 0 atom stereocenters. The van der Waals surface area contributed by atoms with Crippen LogP contribution in [-0.4, -0.2) is 49.7 Å². The van der Waals surface area contributed by atoms with Gasteiger partial charge in [0.2, 0.25) is 15.9 Å². The number of aryl methyl sites for hydroxylation is 2. The normalized spacial score (nSPS) is 11.5.